The number of ketones is 3. The molecule has 0 saturated carbocycles. The third-order valence-corrected chi connectivity index (χ3v) is 8.63. The van der Waals surface area contributed by atoms with Gasteiger partial charge in [-0.1, -0.05) is 60.2 Å². The van der Waals surface area contributed by atoms with E-state index in [-0.39, 0.29) is 22.9 Å². The van der Waals surface area contributed by atoms with E-state index in [2.05, 4.69) is 0 Å². The minimum Gasteiger partial charge on any atom is -0.352 e. The molecule has 1 saturated heterocycles. The Morgan fingerprint density at radius 1 is 0.800 bits per heavy atom. The fourth-order valence-electron chi connectivity index (χ4n) is 6.78. The van der Waals surface area contributed by atoms with Crippen LogP contribution in [0.3, 0.4) is 0 Å². The van der Waals surface area contributed by atoms with Crippen molar-refractivity contribution >= 4 is 40.7 Å². The van der Waals surface area contributed by atoms with Gasteiger partial charge in [-0.3, -0.25) is 14.4 Å². The van der Waals surface area contributed by atoms with Crippen LogP contribution in [0, 0.1) is 17.0 Å². The molecule has 2 aliphatic heterocycles. The van der Waals surface area contributed by atoms with Crippen LogP contribution < -0.4 is 4.90 Å². The van der Waals surface area contributed by atoms with Crippen LogP contribution >= 0.6 is 11.6 Å². The van der Waals surface area contributed by atoms with Crippen molar-refractivity contribution in [3.8, 4) is 0 Å². The summed E-state index contributed by atoms with van der Waals surface area (Å²) in [5.41, 5.74) is 0.971. The van der Waals surface area contributed by atoms with Crippen LogP contribution in [0.1, 0.15) is 48.1 Å². The van der Waals surface area contributed by atoms with Crippen molar-refractivity contribution in [3.63, 3.8) is 0 Å². The lowest BCUT2D eigenvalue weighted by atomic mass is 9.64. The number of carbonyl (C=O) groups excluding carboxylic acids is 3. The number of rotatable bonds is 3. The Balaban J connectivity index is 1.54. The first-order valence-electron chi connectivity index (χ1n) is 12.8. The van der Waals surface area contributed by atoms with Gasteiger partial charge in [-0.15, -0.1) is 0 Å². The zero-order chi connectivity index (χ0) is 27.8. The maximum absolute atomic E-state index is 14.5. The molecule has 0 unspecified atom stereocenters. The molecule has 4 nitrogen and oxygen atoms in total. The molecular formula is C33H20ClF2NO3. The molecule has 0 amide bonds. The zero-order valence-corrected chi connectivity index (χ0v) is 21.6. The summed E-state index contributed by atoms with van der Waals surface area (Å²) in [7, 11) is 0. The number of fused-ring (bicyclic) bond motifs is 5. The molecule has 1 aliphatic carbocycles. The average Bonchev–Trinajstić information content (AvgIpc) is 3.39. The highest BCUT2D eigenvalue weighted by Crippen LogP contribution is 2.61. The van der Waals surface area contributed by atoms with Crippen molar-refractivity contribution in [2.45, 2.75) is 18.0 Å². The van der Waals surface area contributed by atoms with Gasteiger partial charge in [0.2, 0.25) is 0 Å². The van der Waals surface area contributed by atoms with Crippen LogP contribution in [-0.2, 0) is 0 Å². The van der Waals surface area contributed by atoms with Crippen molar-refractivity contribution < 1.29 is 23.2 Å². The summed E-state index contributed by atoms with van der Waals surface area (Å²) in [5, 5.41) is 0.493. The molecule has 196 valence electrons. The molecule has 7 heteroatoms. The number of anilines is 1. The van der Waals surface area contributed by atoms with Crippen LogP contribution in [0.4, 0.5) is 14.5 Å². The molecule has 2 heterocycles. The van der Waals surface area contributed by atoms with E-state index in [9.17, 15) is 23.2 Å². The predicted octanol–water partition coefficient (Wildman–Crippen LogP) is 6.93. The topological polar surface area (TPSA) is 54.5 Å². The molecule has 1 spiro atoms. The molecule has 0 N–H and O–H groups in total. The van der Waals surface area contributed by atoms with E-state index < -0.39 is 35.1 Å². The van der Waals surface area contributed by atoms with Gasteiger partial charge < -0.3 is 4.90 Å². The maximum atomic E-state index is 14.5. The number of hydrogen-bond donors (Lipinski definition) is 0. The van der Waals surface area contributed by atoms with Crippen LogP contribution in [0.25, 0.3) is 6.08 Å². The molecule has 0 radical (unpaired) electrons. The van der Waals surface area contributed by atoms with Crippen molar-refractivity contribution in [2.75, 3.05) is 4.90 Å². The fraction of sp³-hybridized carbons (Fsp3) is 0.121. The predicted molar refractivity (Wildman–Crippen MR) is 148 cm³/mol. The maximum Gasteiger partial charge on any atom is 0.185 e. The Labute approximate surface area is 233 Å². The minimum atomic E-state index is -1.70. The summed E-state index contributed by atoms with van der Waals surface area (Å²) in [4.78, 5) is 45.3. The van der Waals surface area contributed by atoms with E-state index in [0.29, 0.717) is 27.4 Å². The van der Waals surface area contributed by atoms with Gasteiger partial charge in [0, 0.05) is 33.3 Å². The van der Waals surface area contributed by atoms with Crippen LogP contribution in [-0.4, -0.2) is 29.4 Å². The molecule has 0 bridgehead atoms. The molecular weight excluding hydrogens is 532 g/mol. The summed E-state index contributed by atoms with van der Waals surface area (Å²) in [6.07, 6.45) is 3.61. The largest absolute Gasteiger partial charge is 0.352 e. The number of nitrogens with zero attached hydrogens (tertiary/aromatic N) is 1. The number of Topliss-reactive ketones (excluding diaryl/α,β-unsaturated/α-hetero) is 3. The van der Waals surface area contributed by atoms with Gasteiger partial charge >= 0.3 is 0 Å². The van der Waals surface area contributed by atoms with Crippen LogP contribution in [0.15, 0.2) is 97.1 Å². The summed E-state index contributed by atoms with van der Waals surface area (Å²) in [6, 6.07) is 20.8. The van der Waals surface area contributed by atoms with E-state index in [1.165, 1.54) is 48.5 Å². The minimum absolute atomic E-state index is 0.231. The molecule has 40 heavy (non-hydrogen) atoms. The SMILES string of the molecule is O=C(c1ccc(F)cc1)[C@@H]1[C@@H](c2ccc(F)cc2)C2(C(=O)c3ccccc3C2=O)[C@@H]2C=Cc3cc(Cl)ccc3N12. The van der Waals surface area contributed by atoms with E-state index in [0.717, 1.165) is 5.56 Å². The van der Waals surface area contributed by atoms with Gasteiger partial charge in [0.15, 0.2) is 17.3 Å². The average molecular weight is 552 g/mol. The van der Waals surface area contributed by atoms with Gasteiger partial charge in [-0.05, 0) is 65.7 Å². The Kier molecular flexibility index (Phi) is 5.41. The second-order valence-corrected chi connectivity index (χ2v) is 10.8. The van der Waals surface area contributed by atoms with E-state index in [1.54, 1.807) is 48.5 Å². The lowest BCUT2D eigenvalue weighted by molar-refractivity contribution is 0.0666. The van der Waals surface area contributed by atoms with Crippen molar-refractivity contribution in [1.82, 2.24) is 0 Å². The molecule has 4 aromatic carbocycles. The zero-order valence-electron chi connectivity index (χ0n) is 20.9. The molecule has 7 rings (SSSR count). The highest BCUT2D eigenvalue weighted by atomic mass is 35.5. The first kappa shape index (κ1) is 24.6. The normalized spacial score (nSPS) is 21.9. The molecule has 3 atom stereocenters. The first-order chi connectivity index (χ1) is 19.3. The van der Waals surface area contributed by atoms with Gasteiger partial charge in [-0.2, -0.15) is 0 Å². The standard InChI is InChI=1S/C33H20ClF2NO3/c34-21-10-15-26-20(17-21)9-16-27-33(31(39)24-3-1-2-4-25(24)32(33)40)28(18-5-11-22(35)12-6-18)29(37(26)27)30(38)19-7-13-23(36)14-8-19/h1-17,27-29H/t27-,28+,29-/m0/s1. The fourth-order valence-corrected chi connectivity index (χ4v) is 6.96. The third kappa shape index (κ3) is 3.26. The second-order valence-electron chi connectivity index (χ2n) is 10.3. The number of carbonyl (C=O) groups is 3. The third-order valence-electron chi connectivity index (χ3n) is 8.39. The van der Waals surface area contributed by atoms with Gasteiger partial charge in [-0.25, -0.2) is 8.78 Å². The van der Waals surface area contributed by atoms with Crippen molar-refractivity contribution in [3.05, 3.63) is 142 Å². The van der Waals surface area contributed by atoms with Crippen LogP contribution in [0.5, 0.6) is 0 Å². The van der Waals surface area contributed by atoms with Crippen molar-refractivity contribution in [2.24, 2.45) is 5.41 Å². The summed E-state index contributed by atoms with van der Waals surface area (Å²) < 4.78 is 28.0. The van der Waals surface area contributed by atoms with Gasteiger partial charge in [0.25, 0.3) is 0 Å². The van der Waals surface area contributed by atoms with Gasteiger partial charge in [0.1, 0.15) is 23.1 Å². The summed E-state index contributed by atoms with van der Waals surface area (Å²) >= 11 is 6.30. The Morgan fingerprint density at radius 2 is 1.40 bits per heavy atom. The Morgan fingerprint density at radius 3 is 2.02 bits per heavy atom. The molecule has 1 fully saturated rings. The van der Waals surface area contributed by atoms with E-state index >= 15 is 0 Å². The molecule has 0 aromatic heterocycles. The monoisotopic (exact) mass is 551 g/mol. The lowest BCUT2D eigenvalue weighted by Gasteiger charge is -2.37. The van der Waals surface area contributed by atoms with Crippen molar-refractivity contribution in [1.29, 1.82) is 0 Å². The highest BCUT2D eigenvalue weighted by molar-refractivity contribution is 6.32. The Bertz CT molecular complexity index is 1730. The van der Waals surface area contributed by atoms with Crippen LogP contribution in [0.2, 0.25) is 5.02 Å². The summed E-state index contributed by atoms with van der Waals surface area (Å²) in [5.74, 6) is -3.10. The lowest BCUT2D eigenvalue weighted by Crippen LogP contribution is -2.48. The van der Waals surface area contributed by atoms with E-state index in [1.807, 2.05) is 11.0 Å². The highest BCUT2D eigenvalue weighted by Gasteiger charge is 2.71. The molecule has 3 aliphatic rings. The quantitative estimate of drug-likeness (QED) is 0.204. The number of halogens is 3. The summed E-state index contributed by atoms with van der Waals surface area (Å²) in [6.45, 7) is 0. The first-order valence-corrected chi connectivity index (χ1v) is 13.2. The smallest absolute Gasteiger partial charge is 0.185 e. The molecule has 4 aromatic rings. The Hall–Kier alpha value is -4.42. The van der Waals surface area contributed by atoms with E-state index in [4.69, 9.17) is 11.6 Å². The second kappa shape index (κ2) is 8.80. The van der Waals surface area contributed by atoms with Gasteiger partial charge in [0.05, 0.1) is 6.04 Å². The number of benzene rings is 4. The number of hydrogen-bond acceptors (Lipinski definition) is 4.